The van der Waals surface area contributed by atoms with Gasteiger partial charge in [-0.25, -0.2) is 12.8 Å². The maximum Gasteiger partial charge on any atom is 0.217 e. The molecular formula is C21H33FN6O2S. The summed E-state index contributed by atoms with van der Waals surface area (Å²) in [5.41, 5.74) is 0.781. The van der Waals surface area contributed by atoms with E-state index < -0.39 is 16.7 Å². The van der Waals surface area contributed by atoms with Gasteiger partial charge in [0.05, 0.1) is 5.25 Å². The molecule has 0 spiro atoms. The van der Waals surface area contributed by atoms with Gasteiger partial charge in [0.25, 0.3) is 0 Å². The van der Waals surface area contributed by atoms with E-state index in [1.54, 1.807) is 30.7 Å². The van der Waals surface area contributed by atoms with Crippen LogP contribution >= 0.6 is 0 Å². The number of hydrogen-bond donors (Lipinski definition) is 2. The number of aromatic nitrogens is 1. The summed E-state index contributed by atoms with van der Waals surface area (Å²) in [4.78, 5) is 7.68. The Labute approximate surface area is 185 Å². The fourth-order valence-electron chi connectivity index (χ4n) is 3.74. The first kappa shape index (κ1) is 25.0. The van der Waals surface area contributed by atoms with Crippen LogP contribution in [0.4, 0.5) is 10.1 Å². The molecule has 1 saturated carbocycles. The number of guanidine groups is 1. The summed E-state index contributed by atoms with van der Waals surface area (Å²) >= 11 is 0. The maximum absolute atomic E-state index is 13.0. The average molecular weight is 453 g/mol. The molecule has 1 aromatic heterocycles. The first-order valence-corrected chi connectivity index (χ1v) is 12.5. The molecule has 2 rings (SSSR count). The van der Waals surface area contributed by atoms with Crippen LogP contribution in [-0.4, -0.2) is 55.2 Å². The minimum atomic E-state index is -3.41. The number of rotatable bonds is 12. The molecule has 0 unspecified atom stereocenters. The van der Waals surface area contributed by atoms with Crippen molar-refractivity contribution in [1.29, 1.82) is 5.26 Å². The highest BCUT2D eigenvalue weighted by Crippen LogP contribution is 2.26. The minimum absolute atomic E-state index is 0.0466. The summed E-state index contributed by atoms with van der Waals surface area (Å²) < 4.78 is 40.0. The molecule has 0 bridgehead atoms. The average Bonchev–Trinajstić information content (AvgIpc) is 2.79. The lowest BCUT2D eigenvalue weighted by molar-refractivity contribution is 0.339. The molecule has 1 aliphatic carbocycles. The number of nitrogens with one attached hydrogen (secondary N) is 2. The Morgan fingerprint density at radius 2 is 1.87 bits per heavy atom. The van der Waals surface area contributed by atoms with Crippen molar-refractivity contribution >= 4 is 21.7 Å². The quantitative estimate of drug-likeness (QED) is 0.218. The summed E-state index contributed by atoms with van der Waals surface area (Å²) in [5, 5.41) is 14.6. The van der Waals surface area contributed by atoms with Crippen LogP contribution in [-0.2, 0) is 10.0 Å². The smallest absolute Gasteiger partial charge is 0.217 e. The third-order valence-corrected chi connectivity index (χ3v) is 7.80. The summed E-state index contributed by atoms with van der Waals surface area (Å²) in [7, 11) is -3.41. The number of nitrogens with zero attached hydrogens (tertiary/aromatic N) is 4. The minimum Gasteiger partial charge on any atom is -0.355 e. The lowest BCUT2D eigenvalue weighted by Crippen LogP contribution is -2.41. The normalized spacial score (nSPS) is 15.6. The molecule has 0 aromatic carbocycles. The zero-order valence-electron chi connectivity index (χ0n) is 18.0. The van der Waals surface area contributed by atoms with E-state index in [1.807, 2.05) is 0 Å². The third-order valence-electron chi connectivity index (χ3n) is 5.40. The molecule has 1 fully saturated rings. The fourth-order valence-corrected chi connectivity index (χ4v) is 5.80. The monoisotopic (exact) mass is 452 g/mol. The lowest BCUT2D eigenvalue weighted by Gasteiger charge is -2.29. The zero-order chi connectivity index (χ0) is 22.4. The summed E-state index contributed by atoms with van der Waals surface area (Å²) in [6, 6.07) is 3.55. The van der Waals surface area contributed by atoms with Gasteiger partial charge in [-0.2, -0.15) is 9.57 Å². The Morgan fingerprint density at radius 3 is 2.55 bits per heavy atom. The Bertz CT molecular complexity index is 807. The highest BCUT2D eigenvalue weighted by atomic mass is 32.2. The topological polar surface area (TPSA) is 110 Å². The number of sulfonamides is 1. The van der Waals surface area contributed by atoms with Gasteiger partial charge in [-0.05, 0) is 37.8 Å². The van der Waals surface area contributed by atoms with Gasteiger partial charge in [0.2, 0.25) is 22.2 Å². The van der Waals surface area contributed by atoms with Crippen molar-refractivity contribution in [3.05, 3.63) is 24.5 Å². The van der Waals surface area contributed by atoms with Crippen molar-refractivity contribution in [3.63, 3.8) is 0 Å². The Hall–Kier alpha value is -2.25. The number of alkyl halides is 1. The number of pyridine rings is 1. The first-order valence-electron chi connectivity index (χ1n) is 11.0. The van der Waals surface area contributed by atoms with Crippen LogP contribution in [0.2, 0.25) is 0 Å². The van der Waals surface area contributed by atoms with Gasteiger partial charge in [-0.3, -0.25) is 4.98 Å². The van der Waals surface area contributed by atoms with Gasteiger partial charge in [-0.1, -0.05) is 32.1 Å². The number of aliphatic imine (C=N–C) groups is 1. The molecular weight excluding hydrogens is 419 g/mol. The molecule has 0 amide bonds. The van der Waals surface area contributed by atoms with Crippen molar-refractivity contribution in [2.75, 3.05) is 31.6 Å². The van der Waals surface area contributed by atoms with Crippen molar-refractivity contribution in [3.8, 4) is 6.19 Å². The number of nitriles is 1. The number of hydrogen-bond acceptors (Lipinski definition) is 5. The molecule has 172 valence electrons. The second-order valence-corrected chi connectivity index (χ2v) is 9.87. The predicted octanol–water partition coefficient (Wildman–Crippen LogP) is 3.41. The zero-order valence-corrected chi connectivity index (χ0v) is 18.8. The molecule has 2 N–H and O–H groups in total. The van der Waals surface area contributed by atoms with Gasteiger partial charge in [0.1, 0.15) is 6.67 Å². The van der Waals surface area contributed by atoms with E-state index in [4.69, 9.17) is 5.26 Å². The van der Waals surface area contributed by atoms with E-state index in [-0.39, 0.29) is 11.8 Å². The van der Waals surface area contributed by atoms with Gasteiger partial charge < -0.3 is 10.6 Å². The second kappa shape index (κ2) is 13.9. The fraction of sp³-hybridized carbons (Fsp3) is 0.667. The second-order valence-electron chi connectivity index (χ2n) is 7.66. The molecule has 0 saturated heterocycles. The molecule has 0 radical (unpaired) electrons. The van der Waals surface area contributed by atoms with E-state index in [9.17, 15) is 12.8 Å². The van der Waals surface area contributed by atoms with Crippen LogP contribution in [0.1, 0.15) is 57.8 Å². The predicted molar refractivity (Wildman–Crippen MR) is 121 cm³/mol. The Kier molecular flexibility index (Phi) is 11.2. The molecule has 10 heteroatoms. The first-order chi connectivity index (χ1) is 15.1. The highest BCUT2D eigenvalue weighted by molar-refractivity contribution is 7.89. The lowest BCUT2D eigenvalue weighted by atomic mass is 10.0. The standard InChI is InChI=1S/C21H33FN6O2S/c22-12-17-28(31(29,30)20-8-4-3-5-9-20)16-7-2-1-6-13-25-21(26-18-23)27-19-10-14-24-15-11-19/h10-11,14-15,20H,1-9,12-13,16-17H2,(H2,24,25,26,27). The molecule has 31 heavy (non-hydrogen) atoms. The van der Waals surface area contributed by atoms with Crippen molar-refractivity contribution in [1.82, 2.24) is 14.6 Å². The largest absolute Gasteiger partial charge is 0.355 e. The van der Waals surface area contributed by atoms with E-state index in [1.165, 1.54) is 4.31 Å². The van der Waals surface area contributed by atoms with E-state index >= 15 is 0 Å². The van der Waals surface area contributed by atoms with Crippen LogP contribution in [0.25, 0.3) is 0 Å². The van der Waals surface area contributed by atoms with E-state index in [0.29, 0.717) is 38.3 Å². The maximum atomic E-state index is 13.0. The summed E-state index contributed by atoms with van der Waals surface area (Å²) in [5.74, 6) is 0.376. The van der Waals surface area contributed by atoms with E-state index in [2.05, 4.69) is 20.6 Å². The molecule has 1 aromatic rings. The highest BCUT2D eigenvalue weighted by Gasteiger charge is 2.32. The van der Waals surface area contributed by atoms with Crippen molar-refractivity contribution < 1.29 is 12.8 Å². The third kappa shape index (κ3) is 8.79. The molecule has 0 aliphatic heterocycles. The van der Waals surface area contributed by atoms with Crippen LogP contribution in [0.3, 0.4) is 0 Å². The SMILES string of the molecule is N#C/N=C(\NCCCCCCN(CCF)S(=O)(=O)C1CCCCC1)Nc1ccncc1. The Morgan fingerprint density at radius 1 is 1.16 bits per heavy atom. The van der Waals surface area contributed by atoms with Crippen LogP contribution in [0.5, 0.6) is 0 Å². The van der Waals surface area contributed by atoms with Crippen LogP contribution in [0, 0.1) is 11.5 Å². The Balaban J connectivity index is 1.68. The van der Waals surface area contributed by atoms with Gasteiger partial charge in [-0.15, -0.1) is 4.99 Å². The van der Waals surface area contributed by atoms with Crippen LogP contribution < -0.4 is 10.6 Å². The molecule has 8 nitrogen and oxygen atoms in total. The van der Waals surface area contributed by atoms with E-state index in [0.717, 1.165) is 44.2 Å². The van der Waals surface area contributed by atoms with Gasteiger partial charge in [0.15, 0.2) is 0 Å². The summed E-state index contributed by atoms with van der Waals surface area (Å²) in [6.07, 6.45) is 12.7. The molecule has 1 aliphatic rings. The van der Waals surface area contributed by atoms with Gasteiger partial charge in [0, 0.05) is 37.7 Å². The van der Waals surface area contributed by atoms with Crippen LogP contribution in [0.15, 0.2) is 29.5 Å². The number of halogens is 1. The van der Waals surface area contributed by atoms with Gasteiger partial charge >= 0.3 is 0 Å². The number of anilines is 1. The summed E-state index contributed by atoms with van der Waals surface area (Å²) in [6.45, 7) is 0.310. The van der Waals surface area contributed by atoms with Crippen molar-refractivity contribution in [2.24, 2.45) is 4.99 Å². The van der Waals surface area contributed by atoms with Crippen molar-refractivity contribution in [2.45, 2.75) is 63.0 Å². The number of unbranched alkanes of at least 4 members (excludes halogenated alkanes) is 3. The molecule has 1 heterocycles. The molecule has 0 atom stereocenters.